The van der Waals surface area contributed by atoms with Crippen molar-refractivity contribution in [1.29, 1.82) is 0 Å². The molecule has 2 aliphatic rings. The van der Waals surface area contributed by atoms with Gasteiger partial charge >= 0.3 is 0 Å². The number of rotatable bonds is 2. The van der Waals surface area contributed by atoms with E-state index >= 15 is 0 Å². The number of ether oxygens (including phenoxy) is 1. The van der Waals surface area contributed by atoms with Crippen LogP contribution >= 0.6 is 0 Å². The molecule has 3 rings (SSSR count). The van der Waals surface area contributed by atoms with E-state index in [1.807, 2.05) is 24.3 Å². The molecule has 3 atom stereocenters. The lowest BCUT2D eigenvalue weighted by molar-refractivity contribution is -0.121. The summed E-state index contributed by atoms with van der Waals surface area (Å²) in [5.41, 5.74) is 0.757. The van der Waals surface area contributed by atoms with Crippen molar-refractivity contribution in [3.8, 4) is 5.75 Å². The molecule has 2 fully saturated rings. The fourth-order valence-corrected chi connectivity index (χ4v) is 3.35. The van der Waals surface area contributed by atoms with E-state index in [0.717, 1.165) is 37.1 Å². The molecule has 1 saturated heterocycles. The van der Waals surface area contributed by atoms with Gasteiger partial charge < -0.3 is 9.84 Å². The highest BCUT2D eigenvalue weighted by molar-refractivity contribution is 5.98. The normalized spacial score (nSPS) is 30.3. The summed E-state index contributed by atoms with van der Waals surface area (Å²) in [6.07, 6.45) is 3.39. The SMILES string of the molecule is COc1ccc(N2C(=O)[C@H]3CCCC[C@H]3[C@H]2O)cc1. The highest BCUT2D eigenvalue weighted by Gasteiger charge is 2.48. The number of amides is 1. The molecule has 1 amide bonds. The van der Waals surface area contributed by atoms with E-state index in [-0.39, 0.29) is 17.7 Å². The van der Waals surface area contributed by atoms with Gasteiger partial charge in [0.25, 0.3) is 0 Å². The fourth-order valence-electron chi connectivity index (χ4n) is 3.35. The molecule has 1 aromatic carbocycles. The van der Waals surface area contributed by atoms with Crippen molar-refractivity contribution in [1.82, 2.24) is 0 Å². The van der Waals surface area contributed by atoms with Gasteiger partial charge in [0.1, 0.15) is 12.0 Å². The Morgan fingerprint density at radius 1 is 1.21 bits per heavy atom. The van der Waals surface area contributed by atoms with E-state index in [1.54, 1.807) is 12.0 Å². The molecule has 1 aromatic rings. The summed E-state index contributed by atoms with van der Waals surface area (Å²) in [6.45, 7) is 0. The Morgan fingerprint density at radius 3 is 2.53 bits per heavy atom. The highest BCUT2D eigenvalue weighted by Crippen LogP contribution is 2.42. The number of fused-ring (bicyclic) bond motifs is 1. The summed E-state index contributed by atoms with van der Waals surface area (Å²) in [4.78, 5) is 14.0. The first-order valence-corrected chi connectivity index (χ1v) is 6.87. The van der Waals surface area contributed by atoms with Gasteiger partial charge in [-0.15, -0.1) is 0 Å². The molecule has 19 heavy (non-hydrogen) atoms. The maximum Gasteiger partial charge on any atom is 0.232 e. The zero-order valence-electron chi connectivity index (χ0n) is 11.1. The Bertz CT molecular complexity index is 471. The first kappa shape index (κ1) is 12.5. The van der Waals surface area contributed by atoms with Gasteiger partial charge in [-0.05, 0) is 37.1 Å². The third-order valence-corrected chi connectivity index (χ3v) is 4.37. The van der Waals surface area contributed by atoms with Crippen LogP contribution in [0.1, 0.15) is 25.7 Å². The predicted octanol–water partition coefficient (Wildman–Crippen LogP) is 2.17. The van der Waals surface area contributed by atoms with Crippen LogP contribution < -0.4 is 9.64 Å². The highest BCUT2D eigenvalue weighted by atomic mass is 16.5. The van der Waals surface area contributed by atoms with E-state index < -0.39 is 6.23 Å². The van der Waals surface area contributed by atoms with Gasteiger partial charge in [0.05, 0.1) is 7.11 Å². The number of carbonyl (C=O) groups excluding carboxylic acids is 1. The average Bonchev–Trinajstić information content (AvgIpc) is 2.72. The first-order chi connectivity index (χ1) is 9.22. The van der Waals surface area contributed by atoms with Crippen LogP contribution in [0.25, 0.3) is 0 Å². The third-order valence-electron chi connectivity index (χ3n) is 4.37. The summed E-state index contributed by atoms with van der Waals surface area (Å²) in [5, 5.41) is 10.4. The Kier molecular flexibility index (Phi) is 3.19. The van der Waals surface area contributed by atoms with Gasteiger partial charge in [0.15, 0.2) is 0 Å². The van der Waals surface area contributed by atoms with Crippen molar-refractivity contribution in [2.45, 2.75) is 31.9 Å². The molecule has 102 valence electrons. The molecule has 4 nitrogen and oxygen atoms in total. The van der Waals surface area contributed by atoms with Gasteiger partial charge in [0.2, 0.25) is 5.91 Å². The summed E-state index contributed by atoms with van der Waals surface area (Å²) >= 11 is 0. The number of hydrogen-bond donors (Lipinski definition) is 1. The topological polar surface area (TPSA) is 49.8 Å². The number of benzene rings is 1. The Hall–Kier alpha value is -1.55. The standard InChI is InChI=1S/C15H19NO3/c1-19-11-8-6-10(7-9-11)16-14(17)12-4-2-3-5-13(12)15(16)18/h6-9,12-14,17H,2-5H2,1H3/t12-,13+,14-/m1/s1. The maximum atomic E-state index is 12.4. The van der Waals surface area contributed by atoms with Crippen molar-refractivity contribution in [2.75, 3.05) is 12.0 Å². The lowest BCUT2D eigenvalue weighted by Gasteiger charge is -2.25. The molecule has 4 heteroatoms. The zero-order chi connectivity index (χ0) is 13.4. The second kappa shape index (κ2) is 4.85. The number of nitrogens with zero attached hydrogens (tertiary/aromatic N) is 1. The van der Waals surface area contributed by atoms with Crippen molar-refractivity contribution in [3.05, 3.63) is 24.3 Å². The number of aliphatic hydroxyl groups is 1. The van der Waals surface area contributed by atoms with Crippen molar-refractivity contribution in [3.63, 3.8) is 0 Å². The number of hydrogen-bond acceptors (Lipinski definition) is 3. The largest absolute Gasteiger partial charge is 0.497 e. The molecule has 1 heterocycles. The summed E-state index contributed by atoms with van der Waals surface area (Å²) in [5.74, 6) is 0.930. The van der Waals surface area contributed by atoms with Crippen molar-refractivity contribution >= 4 is 11.6 Å². The van der Waals surface area contributed by atoms with Gasteiger partial charge in [-0.25, -0.2) is 0 Å². The number of methoxy groups -OCH3 is 1. The number of carbonyl (C=O) groups is 1. The van der Waals surface area contributed by atoms with Crippen LogP contribution in [0.5, 0.6) is 5.75 Å². The van der Waals surface area contributed by atoms with Crippen LogP contribution in [0.3, 0.4) is 0 Å². The van der Waals surface area contributed by atoms with E-state index in [0.29, 0.717) is 0 Å². The van der Waals surface area contributed by atoms with Crippen LogP contribution in [0.15, 0.2) is 24.3 Å². The molecule has 0 aromatic heterocycles. The molecule has 1 aliphatic heterocycles. The minimum atomic E-state index is -0.675. The predicted molar refractivity (Wildman–Crippen MR) is 71.9 cm³/mol. The Morgan fingerprint density at radius 2 is 1.89 bits per heavy atom. The lowest BCUT2D eigenvalue weighted by atomic mass is 9.81. The van der Waals surface area contributed by atoms with Gasteiger partial charge in [-0.2, -0.15) is 0 Å². The quantitative estimate of drug-likeness (QED) is 0.887. The van der Waals surface area contributed by atoms with Crippen LogP contribution in [-0.2, 0) is 4.79 Å². The smallest absolute Gasteiger partial charge is 0.232 e. The summed E-state index contributed by atoms with van der Waals surface area (Å²) in [7, 11) is 1.61. The Labute approximate surface area is 113 Å². The monoisotopic (exact) mass is 261 g/mol. The number of anilines is 1. The van der Waals surface area contributed by atoms with Crippen LogP contribution in [0.4, 0.5) is 5.69 Å². The van der Waals surface area contributed by atoms with E-state index in [4.69, 9.17) is 4.74 Å². The van der Waals surface area contributed by atoms with Crippen LogP contribution in [0, 0.1) is 11.8 Å². The molecular weight excluding hydrogens is 242 g/mol. The molecule has 0 unspecified atom stereocenters. The molecule has 0 spiro atoms. The van der Waals surface area contributed by atoms with Crippen LogP contribution in [-0.4, -0.2) is 24.4 Å². The number of aliphatic hydroxyl groups excluding tert-OH is 1. The molecule has 0 radical (unpaired) electrons. The molecular formula is C15H19NO3. The minimum Gasteiger partial charge on any atom is -0.497 e. The summed E-state index contributed by atoms with van der Waals surface area (Å²) < 4.78 is 5.11. The van der Waals surface area contributed by atoms with E-state index in [2.05, 4.69) is 0 Å². The van der Waals surface area contributed by atoms with E-state index in [1.165, 1.54) is 0 Å². The van der Waals surface area contributed by atoms with Gasteiger partial charge in [0, 0.05) is 17.5 Å². The zero-order valence-corrected chi connectivity index (χ0v) is 11.1. The second-order valence-electron chi connectivity index (χ2n) is 5.37. The van der Waals surface area contributed by atoms with Crippen molar-refractivity contribution < 1.29 is 14.6 Å². The molecule has 1 saturated carbocycles. The average molecular weight is 261 g/mol. The minimum absolute atomic E-state index is 0.00542. The third kappa shape index (κ3) is 2.00. The van der Waals surface area contributed by atoms with E-state index in [9.17, 15) is 9.90 Å². The molecule has 1 aliphatic carbocycles. The fraction of sp³-hybridized carbons (Fsp3) is 0.533. The Balaban J connectivity index is 1.88. The first-order valence-electron chi connectivity index (χ1n) is 6.87. The molecule has 1 N–H and O–H groups in total. The van der Waals surface area contributed by atoms with Crippen molar-refractivity contribution in [2.24, 2.45) is 11.8 Å². The molecule has 0 bridgehead atoms. The maximum absolute atomic E-state index is 12.4. The second-order valence-corrected chi connectivity index (χ2v) is 5.37. The van der Waals surface area contributed by atoms with Gasteiger partial charge in [-0.1, -0.05) is 12.8 Å². The van der Waals surface area contributed by atoms with Crippen LogP contribution in [0.2, 0.25) is 0 Å². The van der Waals surface area contributed by atoms with Gasteiger partial charge in [-0.3, -0.25) is 9.69 Å². The summed E-state index contributed by atoms with van der Waals surface area (Å²) in [6, 6.07) is 7.29. The lowest BCUT2D eigenvalue weighted by Crippen LogP contribution is -2.35.